The Balaban J connectivity index is 1.92. The van der Waals surface area contributed by atoms with Crippen LogP contribution in [0.3, 0.4) is 0 Å². The molecule has 106 valence electrons. The average Bonchev–Trinajstić information content (AvgIpc) is 2.90. The summed E-state index contributed by atoms with van der Waals surface area (Å²) in [4.78, 5) is 4.95. The van der Waals surface area contributed by atoms with Crippen LogP contribution in [0.4, 0.5) is 0 Å². The molecule has 0 amide bonds. The van der Waals surface area contributed by atoms with Gasteiger partial charge in [-0.05, 0) is 45.5 Å². The molecule has 1 aromatic carbocycles. The van der Waals surface area contributed by atoms with Crippen LogP contribution in [0.1, 0.15) is 30.0 Å². The highest BCUT2D eigenvalue weighted by molar-refractivity contribution is 5.25. The van der Waals surface area contributed by atoms with Gasteiger partial charge in [-0.15, -0.1) is 0 Å². The summed E-state index contributed by atoms with van der Waals surface area (Å²) in [5, 5.41) is 0. The highest BCUT2D eigenvalue weighted by Gasteiger charge is 2.17. The van der Waals surface area contributed by atoms with E-state index in [0.717, 1.165) is 6.54 Å². The first-order valence-electron chi connectivity index (χ1n) is 7.40. The van der Waals surface area contributed by atoms with Crippen LogP contribution in [0.2, 0.25) is 0 Å². The molecule has 2 rings (SSSR count). The summed E-state index contributed by atoms with van der Waals surface area (Å²) in [6.07, 6.45) is 2.73. The molecule has 19 heavy (non-hydrogen) atoms. The first-order valence-corrected chi connectivity index (χ1v) is 7.40. The van der Waals surface area contributed by atoms with Gasteiger partial charge in [-0.2, -0.15) is 0 Å². The molecule has 2 N–H and O–H groups in total. The van der Waals surface area contributed by atoms with E-state index in [2.05, 4.69) is 48.0 Å². The van der Waals surface area contributed by atoms with E-state index in [1.165, 1.54) is 43.6 Å². The van der Waals surface area contributed by atoms with Crippen molar-refractivity contribution in [3.8, 4) is 0 Å². The zero-order chi connectivity index (χ0) is 13.7. The number of hydrogen-bond donors (Lipinski definition) is 1. The molecule has 3 nitrogen and oxygen atoms in total. The van der Waals surface area contributed by atoms with Crippen molar-refractivity contribution in [2.45, 2.75) is 25.8 Å². The van der Waals surface area contributed by atoms with Gasteiger partial charge in [0.1, 0.15) is 0 Å². The summed E-state index contributed by atoms with van der Waals surface area (Å²) in [6, 6.07) is 9.05. The zero-order valence-corrected chi connectivity index (χ0v) is 12.3. The lowest BCUT2D eigenvalue weighted by atomic mass is 10.0. The van der Waals surface area contributed by atoms with E-state index in [0.29, 0.717) is 12.6 Å². The molecule has 3 heteroatoms. The number of likely N-dealkylation sites (tertiary alicyclic amines) is 1. The van der Waals surface area contributed by atoms with E-state index in [-0.39, 0.29) is 0 Å². The van der Waals surface area contributed by atoms with Crippen molar-refractivity contribution in [1.82, 2.24) is 9.80 Å². The van der Waals surface area contributed by atoms with E-state index < -0.39 is 0 Å². The predicted molar refractivity (Wildman–Crippen MR) is 81.3 cm³/mol. The fourth-order valence-electron chi connectivity index (χ4n) is 2.91. The fourth-order valence-corrected chi connectivity index (χ4v) is 2.91. The number of nitrogens with zero attached hydrogens (tertiary/aromatic N) is 2. The predicted octanol–water partition coefficient (Wildman–Crippen LogP) is 2.02. The molecule has 0 aliphatic carbocycles. The van der Waals surface area contributed by atoms with Gasteiger partial charge in [-0.25, -0.2) is 0 Å². The second-order valence-corrected chi connectivity index (χ2v) is 5.69. The van der Waals surface area contributed by atoms with Crippen LogP contribution in [-0.4, -0.2) is 49.6 Å². The van der Waals surface area contributed by atoms with Crippen molar-refractivity contribution in [2.75, 3.05) is 39.8 Å². The number of nitrogens with two attached hydrogens (primary N) is 1. The van der Waals surface area contributed by atoms with Crippen molar-refractivity contribution in [3.05, 3.63) is 35.4 Å². The van der Waals surface area contributed by atoms with Crippen LogP contribution in [0.25, 0.3) is 0 Å². The van der Waals surface area contributed by atoms with Crippen LogP contribution in [0.15, 0.2) is 24.3 Å². The van der Waals surface area contributed by atoms with Crippen LogP contribution in [0.5, 0.6) is 0 Å². The number of benzene rings is 1. The summed E-state index contributed by atoms with van der Waals surface area (Å²) in [6.45, 7) is 7.62. The summed E-state index contributed by atoms with van der Waals surface area (Å²) in [7, 11) is 2.19. The molecule has 1 saturated heterocycles. The molecule has 0 aromatic heterocycles. The SMILES string of the molecule is Cc1cccc(C(CN)N(C)CCN2CCCC2)c1. The first kappa shape index (κ1) is 14.5. The quantitative estimate of drug-likeness (QED) is 0.850. The molecule has 0 spiro atoms. The van der Waals surface area contributed by atoms with Gasteiger partial charge in [0.05, 0.1) is 0 Å². The van der Waals surface area contributed by atoms with Gasteiger partial charge in [0.15, 0.2) is 0 Å². The van der Waals surface area contributed by atoms with Crippen molar-refractivity contribution in [2.24, 2.45) is 5.73 Å². The average molecular weight is 261 g/mol. The number of likely N-dealkylation sites (N-methyl/N-ethyl adjacent to an activating group) is 1. The summed E-state index contributed by atoms with van der Waals surface area (Å²) >= 11 is 0. The number of hydrogen-bond acceptors (Lipinski definition) is 3. The van der Waals surface area contributed by atoms with E-state index in [1.54, 1.807) is 0 Å². The van der Waals surface area contributed by atoms with Crippen LogP contribution in [0, 0.1) is 6.92 Å². The molecular weight excluding hydrogens is 234 g/mol. The molecule has 1 unspecified atom stereocenters. The number of rotatable bonds is 6. The van der Waals surface area contributed by atoms with Gasteiger partial charge >= 0.3 is 0 Å². The van der Waals surface area contributed by atoms with Gasteiger partial charge in [0.25, 0.3) is 0 Å². The third-order valence-corrected chi connectivity index (χ3v) is 4.15. The topological polar surface area (TPSA) is 32.5 Å². The maximum absolute atomic E-state index is 5.98. The minimum absolute atomic E-state index is 0.336. The van der Waals surface area contributed by atoms with Gasteiger partial charge in [-0.1, -0.05) is 29.8 Å². The highest BCUT2D eigenvalue weighted by atomic mass is 15.2. The second kappa shape index (κ2) is 7.04. The smallest absolute Gasteiger partial charge is 0.0468 e. The monoisotopic (exact) mass is 261 g/mol. The molecule has 1 aliphatic heterocycles. The second-order valence-electron chi connectivity index (χ2n) is 5.69. The van der Waals surface area contributed by atoms with Crippen molar-refractivity contribution in [3.63, 3.8) is 0 Å². The minimum atomic E-state index is 0.336. The highest BCUT2D eigenvalue weighted by Crippen LogP contribution is 2.19. The lowest BCUT2D eigenvalue weighted by Crippen LogP contribution is -2.36. The summed E-state index contributed by atoms with van der Waals surface area (Å²) in [5.74, 6) is 0. The summed E-state index contributed by atoms with van der Waals surface area (Å²) in [5.41, 5.74) is 8.63. The van der Waals surface area contributed by atoms with E-state index in [4.69, 9.17) is 5.73 Å². The fraction of sp³-hybridized carbons (Fsp3) is 0.625. The molecule has 0 saturated carbocycles. The standard InChI is InChI=1S/C16H27N3/c1-14-6-5-7-15(12-14)16(13-17)18(2)10-11-19-8-3-4-9-19/h5-7,12,16H,3-4,8-11,13,17H2,1-2H3. The van der Waals surface area contributed by atoms with E-state index >= 15 is 0 Å². The van der Waals surface area contributed by atoms with Crippen molar-refractivity contribution in [1.29, 1.82) is 0 Å². The lowest BCUT2D eigenvalue weighted by Gasteiger charge is -2.29. The van der Waals surface area contributed by atoms with E-state index in [1.807, 2.05) is 0 Å². The van der Waals surface area contributed by atoms with Gasteiger partial charge in [0, 0.05) is 25.7 Å². The molecule has 1 atom stereocenters. The molecule has 1 fully saturated rings. The Morgan fingerprint density at radius 3 is 2.68 bits per heavy atom. The minimum Gasteiger partial charge on any atom is -0.329 e. The van der Waals surface area contributed by atoms with E-state index in [9.17, 15) is 0 Å². The first-order chi connectivity index (χ1) is 9.20. The Hall–Kier alpha value is -0.900. The Morgan fingerprint density at radius 2 is 2.05 bits per heavy atom. The largest absolute Gasteiger partial charge is 0.329 e. The maximum atomic E-state index is 5.98. The van der Waals surface area contributed by atoms with Gasteiger partial charge < -0.3 is 10.6 Å². The third kappa shape index (κ3) is 4.03. The molecular formula is C16H27N3. The zero-order valence-electron chi connectivity index (χ0n) is 12.3. The molecule has 0 bridgehead atoms. The maximum Gasteiger partial charge on any atom is 0.0468 e. The molecule has 1 heterocycles. The third-order valence-electron chi connectivity index (χ3n) is 4.15. The molecule has 1 aromatic rings. The molecule has 0 radical (unpaired) electrons. The Morgan fingerprint density at radius 1 is 1.32 bits per heavy atom. The van der Waals surface area contributed by atoms with Crippen LogP contribution >= 0.6 is 0 Å². The van der Waals surface area contributed by atoms with Crippen LogP contribution in [-0.2, 0) is 0 Å². The lowest BCUT2D eigenvalue weighted by molar-refractivity contribution is 0.209. The Labute approximate surface area is 117 Å². The van der Waals surface area contributed by atoms with Gasteiger partial charge in [0.2, 0.25) is 0 Å². The normalized spacial score (nSPS) is 18.1. The van der Waals surface area contributed by atoms with Crippen LogP contribution < -0.4 is 5.73 Å². The Kier molecular flexibility index (Phi) is 5.37. The summed E-state index contributed by atoms with van der Waals surface area (Å²) < 4.78 is 0. The van der Waals surface area contributed by atoms with Crippen molar-refractivity contribution >= 4 is 0 Å². The Bertz CT molecular complexity index is 385. The molecule has 1 aliphatic rings. The number of aryl methyl sites for hydroxylation is 1. The van der Waals surface area contributed by atoms with Crippen molar-refractivity contribution < 1.29 is 0 Å². The van der Waals surface area contributed by atoms with Gasteiger partial charge in [-0.3, -0.25) is 4.90 Å².